The van der Waals surface area contributed by atoms with E-state index < -0.39 is 0 Å². The van der Waals surface area contributed by atoms with Crippen molar-refractivity contribution in [2.75, 3.05) is 11.9 Å². The predicted octanol–water partition coefficient (Wildman–Crippen LogP) is 4.00. The first kappa shape index (κ1) is 17.7. The molecule has 2 rings (SSSR count). The molecule has 0 aromatic heterocycles. The molecule has 24 heavy (non-hydrogen) atoms. The van der Waals surface area contributed by atoms with Crippen molar-refractivity contribution in [2.45, 2.75) is 33.1 Å². The molecular formula is C20H23NO3. The van der Waals surface area contributed by atoms with Crippen LogP contribution in [-0.4, -0.2) is 18.5 Å². The highest BCUT2D eigenvalue weighted by atomic mass is 16.5. The Morgan fingerprint density at radius 2 is 1.71 bits per heavy atom. The summed E-state index contributed by atoms with van der Waals surface area (Å²) >= 11 is 0. The van der Waals surface area contributed by atoms with Crippen LogP contribution < -0.4 is 5.32 Å². The number of amides is 1. The van der Waals surface area contributed by atoms with Crippen LogP contribution in [0.4, 0.5) is 5.69 Å². The van der Waals surface area contributed by atoms with Crippen LogP contribution in [0.3, 0.4) is 0 Å². The third-order valence-electron chi connectivity index (χ3n) is 3.73. The van der Waals surface area contributed by atoms with Gasteiger partial charge in [0.25, 0.3) is 0 Å². The van der Waals surface area contributed by atoms with Crippen molar-refractivity contribution in [3.05, 3.63) is 65.2 Å². The molecule has 4 heteroatoms. The molecule has 0 saturated carbocycles. The Balaban J connectivity index is 1.89. The van der Waals surface area contributed by atoms with Gasteiger partial charge in [-0.2, -0.15) is 0 Å². The summed E-state index contributed by atoms with van der Waals surface area (Å²) in [6.07, 6.45) is 2.10. The smallest absolute Gasteiger partial charge is 0.338 e. The summed E-state index contributed by atoms with van der Waals surface area (Å²) in [5.74, 6) is -0.458. The molecule has 2 aromatic carbocycles. The summed E-state index contributed by atoms with van der Waals surface area (Å²) in [5, 5.41) is 2.83. The molecular weight excluding hydrogens is 302 g/mol. The van der Waals surface area contributed by atoms with Crippen LogP contribution in [0.15, 0.2) is 48.5 Å². The van der Waals surface area contributed by atoms with Crippen molar-refractivity contribution in [2.24, 2.45) is 0 Å². The molecule has 4 nitrogen and oxygen atoms in total. The number of hydrogen-bond acceptors (Lipinski definition) is 3. The Morgan fingerprint density at radius 3 is 2.38 bits per heavy atom. The van der Waals surface area contributed by atoms with Gasteiger partial charge in [0.05, 0.1) is 12.2 Å². The second-order valence-electron chi connectivity index (χ2n) is 5.52. The fourth-order valence-corrected chi connectivity index (χ4v) is 2.36. The lowest BCUT2D eigenvalue weighted by Gasteiger charge is -2.08. The standard InChI is InChI=1S/C20H23NO3/c1-3-15-8-10-16(11-9-15)12-13-19(22)21-18-7-5-6-17(14-18)20(23)24-4-2/h5-11,14H,3-4,12-13H2,1-2H3,(H,21,22). The van der Waals surface area contributed by atoms with E-state index in [1.165, 1.54) is 5.56 Å². The van der Waals surface area contributed by atoms with Crippen molar-refractivity contribution in [1.82, 2.24) is 0 Å². The van der Waals surface area contributed by atoms with Crippen LogP contribution >= 0.6 is 0 Å². The number of ether oxygens (including phenoxy) is 1. The average molecular weight is 325 g/mol. The van der Waals surface area contributed by atoms with Crippen molar-refractivity contribution in [3.8, 4) is 0 Å². The van der Waals surface area contributed by atoms with Gasteiger partial charge in [-0.05, 0) is 49.1 Å². The highest BCUT2D eigenvalue weighted by Crippen LogP contribution is 2.13. The SMILES string of the molecule is CCOC(=O)c1cccc(NC(=O)CCc2ccc(CC)cc2)c1. The van der Waals surface area contributed by atoms with Crippen molar-refractivity contribution >= 4 is 17.6 Å². The molecule has 0 bridgehead atoms. The number of hydrogen-bond donors (Lipinski definition) is 1. The summed E-state index contributed by atoms with van der Waals surface area (Å²) in [6, 6.07) is 15.1. The number of carbonyl (C=O) groups is 2. The number of nitrogens with one attached hydrogen (secondary N) is 1. The van der Waals surface area contributed by atoms with E-state index in [2.05, 4.69) is 36.5 Å². The van der Waals surface area contributed by atoms with E-state index in [0.717, 1.165) is 12.0 Å². The molecule has 1 amide bonds. The van der Waals surface area contributed by atoms with Gasteiger partial charge in [0.2, 0.25) is 5.91 Å². The molecule has 0 fully saturated rings. The third-order valence-corrected chi connectivity index (χ3v) is 3.73. The van der Waals surface area contributed by atoms with Gasteiger partial charge in [-0.3, -0.25) is 4.79 Å². The Hall–Kier alpha value is -2.62. The summed E-state index contributed by atoms with van der Waals surface area (Å²) in [4.78, 5) is 23.8. The van der Waals surface area contributed by atoms with E-state index in [-0.39, 0.29) is 11.9 Å². The average Bonchev–Trinajstić information content (AvgIpc) is 2.61. The molecule has 126 valence electrons. The molecule has 0 radical (unpaired) electrons. The highest BCUT2D eigenvalue weighted by molar-refractivity contribution is 5.94. The lowest BCUT2D eigenvalue weighted by molar-refractivity contribution is -0.116. The molecule has 0 aliphatic heterocycles. The van der Waals surface area contributed by atoms with Crippen LogP contribution in [0.1, 0.15) is 41.8 Å². The van der Waals surface area contributed by atoms with Crippen molar-refractivity contribution < 1.29 is 14.3 Å². The van der Waals surface area contributed by atoms with Crippen LogP contribution in [-0.2, 0) is 22.4 Å². The molecule has 1 N–H and O–H groups in total. The maximum absolute atomic E-state index is 12.1. The zero-order valence-electron chi connectivity index (χ0n) is 14.2. The molecule has 2 aromatic rings. The van der Waals surface area contributed by atoms with Crippen LogP contribution in [0.25, 0.3) is 0 Å². The minimum Gasteiger partial charge on any atom is -0.462 e. The minimum atomic E-state index is -0.385. The topological polar surface area (TPSA) is 55.4 Å². The third kappa shape index (κ3) is 5.23. The van der Waals surface area contributed by atoms with Crippen LogP contribution in [0, 0.1) is 0 Å². The van der Waals surface area contributed by atoms with Gasteiger partial charge in [-0.1, -0.05) is 37.3 Å². The number of rotatable bonds is 7. The van der Waals surface area contributed by atoms with Gasteiger partial charge in [-0.15, -0.1) is 0 Å². The first-order chi connectivity index (χ1) is 11.6. The number of carbonyl (C=O) groups excluding carboxylic acids is 2. The second-order valence-corrected chi connectivity index (χ2v) is 5.52. The number of anilines is 1. The van der Waals surface area contributed by atoms with E-state index in [4.69, 9.17) is 4.74 Å². The molecule has 0 aliphatic carbocycles. The van der Waals surface area contributed by atoms with E-state index in [1.807, 2.05) is 0 Å². The normalized spacial score (nSPS) is 10.2. The van der Waals surface area contributed by atoms with E-state index in [0.29, 0.717) is 30.7 Å². The molecule has 0 heterocycles. The molecule has 0 saturated heterocycles. The zero-order valence-corrected chi connectivity index (χ0v) is 14.2. The van der Waals surface area contributed by atoms with Crippen LogP contribution in [0.5, 0.6) is 0 Å². The van der Waals surface area contributed by atoms with Gasteiger partial charge < -0.3 is 10.1 Å². The quantitative estimate of drug-likeness (QED) is 0.783. The molecule has 0 spiro atoms. The monoisotopic (exact) mass is 325 g/mol. The Labute approximate surface area is 142 Å². The first-order valence-electron chi connectivity index (χ1n) is 8.27. The maximum atomic E-state index is 12.1. The molecule has 0 aliphatic rings. The van der Waals surface area contributed by atoms with Crippen LogP contribution in [0.2, 0.25) is 0 Å². The highest BCUT2D eigenvalue weighted by Gasteiger charge is 2.08. The van der Waals surface area contributed by atoms with Gasteiger partial charge in [0.1, 0.15) is 0 Å². The summed E-state index contributed by atoms with van der Waals surface area (Å²) < 4.78 is 4.96. The largest absolute Gasteiger partial charge is 0.462 e. The Kier molecular flexibility index (Phi) is 6.55. The number of benzene rings is 2. The van der Waals surface area contributed by atoms with E-state index in [9.17, 15) is 9.59 Å². The lowest BCUT2D eigenvalue weighted by atomic mass is 10.1. The fourth-order valence-electron chi connectivity index (χ4n) is 2.36. The molecule has 0 unspecified atom stereocenters. The molecule has 0 atom stereocenters. The van der Waals surface area contributed by atoms with Crippen molar-refractivity contribution in [3.63, 3.8) is 0 Å². The Bertz CT molecular complexity index is 692. The van der Waals surface area contributed by atoms with E-state index in [1.54, 1.807) is 31.2 Å². The fraction of sp³-hybridized carbons (Fsp3) is 0.300. The summed E-state index contributed by atoms with van der Waals surface area (Å²) in [5.41, 5.74) is 3.47. The lowest BCUT2D eigenvalue weighted by Crippen LogP contribution is -2.13. The second kappa shape index (κ2) is 8.87. The van der Waals surface area contributed by atoms with Gasteiger partial charge in [0, 0.05) is 12.1 Å². The zero-order chi connectivity index (χ0) is 17.4. The van der Waals surface area contributed by atoms with E-state index >= 15 is 0 Å². The van der Waals surface area contributed by atoms with Crippen molar-refractivity contribution in [1.29, 1.82) is 0 Å². The number of aryl methyl sites for hydroxylation is 2. The first-order valence-corrected chi connectivity index (χ1v) is 8.27. The number of esters is 1. The maximum Gasteiger partial charge on any atom is 0.338 e. The summed E-state index contributed by atoms with van der Waals surface area (Å²) in [6.45, 7) is 4.20. The minimum absolute atomic E-state index is 0.0735. The summed E-state index contributed by atoms with van der Waals surface area (Å²) in [7, 11) is 0. The van der Waals surface area contributed by atoms with Gasteiger partial charge in [0.15, 0.2) is 0 Å². The Morgan fingerprint density at radius 1 is 1.00 bits per heavy atom. The van der Waals surface area contributed by atoms with Gasteiger partial charge >= 0.3 is 5.97 Å². The van der Waals surface area contributed by atoms with Gasteiger partial charge in [-0.25, -0.2) is 4.79 Å². The predicted molar refractivity (Wildman–Crippen MR) is 95.2 cm³/mol.